The molecule has 2 heterocycles. The second-order valence-electron chi connectivity index (χ2n) is 6.80. The molecule has 1 aliphatic carbocycles. The van der Waals surface area contributed by atoms with Gasteiger partial charge in [-0.15, -0.1) is 0 Å². The maximum Gasteiger partial charge on any atom is 0.421 e. The van der Waals surface area contributed by atoms with Gasteiger partial charge in [0.1, 0.15) is 23.5 Å². The smallest absolute Gasteiger partial charge is 0.384 e. The first kappa shape index (κ1) is 21.5. The number of H-pyrrole nitrogens is 1. The average molecular weight is 429 g/mol. The van der Waals surface area contributed by atoms with Gasteiger partial charge in [-0.3, -0.25) is 23.9 Å². The molecule has 0 aromatic carbocycles. The highest BCUT2D eigenvalue weighted by Gasteiger charge is 2.38. The number of hydrogen-bond acceptors (Lipinski definition) is 7. The number of hydrogen-bond donors (Lipinski definition) is 2. The van der Waals surface area contributed by atoms with Crippen molar-refractivity contribution in [3.8, 4) is 0 Å². The minimum Gasteiger partial charge on any atom is -0.384 e. The topological polar surface area (TPSA) is 142 Å². The quantitative estimate of drug-likeness (QED) is 0.595. The number of Topliss-reactive ketones (excluding diaryl/α,β-unsaturated/α-hetero) is 1. The van der Waals surface area contributed by atoms with Crippen LogP contribution in [0.5, 0.6) is 0 Å². The van der Waals surface area contributed by atoms with Gasteiger partial charge < -0.3 is 10.5 Å². The summed E-state index contributed by atoms with van der Waals surface area (Å²) in [5, 5.41) is 3.86. The summed E-state index contributed by atoms with van der Waals surface area (Å²) in [7, 11) is 1.36. The molecule has 0 amide bonds. The Morgan fingerprint density at radius 1 is 1.33 bits per heavy atom. The third-order valence-corrected chi connectivity index (χ3v) is 4.63. The Hall–Kier alpha value is -3.22. The molecule has 0 bridgehead atoms. The summed E-state index contributed by atoms with van der Waals surface area (Å²) in [5.41, 5.74) is 0.232. The van der Waals surface area contributed by atoms with Crippen molar-refractivity contribution >= 4 is 11.6 Å². The van der Waals surface area contributed by atoms with Crippen LogP contribution in [0.4, 0.5) is 19.0 Å². The summed E-state index contributed by atoms with van der Waals surface area (Å²) in [6.07, 6.45) is -3.70. The number of alkyl halides is 3. The zero-order valence-corrected chi connectivity index (χ0v) is 15.8. The zero-order chi connectivity index (χ0) is 22.2. The number of rotatable bonds is 7. The molecular weight excluding hydrogens is 411 g/mol. The van der Waals surface area contributed by atoms with Crippen LogP contribution >= 0.6 is 0 Å². The lowest BCUT2D eigenvalue weighted by molar-refractivity contribution is -0.139. The molecule has 2 aromatic heterocycles. The summed E-state index contributed by atoms with van der Waals surface area (Å²) in [5.74, 6) is -1.76. The van der Waals surface area contributed by atoms with Crippen molar-refractivity contribution < 1.29 is 22.7 Å². The van der Waals surface area contributed by atoms with Crippen LogP contribution in [0.3, 0.4) is 0 Å². The Kier molecular flexibility index (Phi) is 5.65. The van der Waals surface area contributed by atoms with Crippen molar-refractivity contribution in [2.24, 2.45) is 0 Å². The van der Waals surface area contributed by atoms with E-state index in [4.69, 9.17) is 10.5 Å². The molecule has 13 heteroatoms. The van der Waals surface area contributed by atoms with Crippen LogP contribution in [0.1, 0.15) is 40.4 Å². The van der Waals surface area contributed by atoms with Gasteiger partial charge in [-0.05, 0) is 18.9 Å². The number of methoxy groups -OCH3 is 1. The summed E-state index contributed by atoms with van der Waals surface area (Å²) in [4.78, 5) is 50.9. The zero-order valence-electron chi connectivity index (χ0n) is 15.8. The predicted molar refractivity (Wildman–Crippen MR) is 97.4 cm³/mol. The molecule has 162 valence electrons. The highest BCUT2D eigenvalue weighted by Crippen LogP contribution is 2.40. The van der Waals surface area contributed by atoms with Crippen LogP contribution in [0.2, 0.25) is 0 Å². The van der Waals surface area contributed by atoms with E-state index in [9.17, 15) is 32.3 Å². The molecule has 0 saturated heterocycles. The second-order valence-corrected chi connectivity index (χ2v) is 6.80. The van der Waals surface area contributed by atoms with E-state index in [0.717, 1.165) is 4.57 Å². The minimum absolute atomic E-state index is 0.0432. The van der Waals surface area contributed by atoms with E-state index >= 15 is 0 Å². The summed E-state index contributed by atoms with van der Waals surface area (Å²) in [6, 6.07) is 0.688. The van der Waals surface area contributed by atoms with Gasteiger partial charge >= 0.3 is 11.9 Å². The Labute approximate surface area is 166 Å². The van der Waals surface area contributed by atoms with Crippen molar-refractivity contribution in [3.05, 3.63) is 54.1 Å². The van der Waals surface area contributed by atoms with Gasteiger partial charge in [0.2, 0.25) is 0 Å². The van der Waals surface area contributed by atoms with E-state index in [-0.39, 0.29) is 24.8 Å². The average Bonchev–Trinajstić information content (AvgIpc) is 3.47. The molecule has 10 nitrogen and oxygen atoms in total. The van der Waals surface area contributed by atoms with Crippen LogP contribution < -0.4 is 22.5 Å². The molecular formula is C17H18F3N5O5. The molecule has 1 saturated carbocycles. The Morgan fingerprint density at radius 3 is 2.57 bits per heavy atom. The number of carbonyl (C=O) groups excluding carboxylic acids is 1. The first-order valence-corrected chi connectivity index (χ1v) is 8.88. The van der Waals surface area contributed by atoms with Crippen LogP contribution in [0.15, 0.2) is 20.4 Å². The molecule has 2 aromatic rings. The molecule has 0 radical (unpaired) electrons. The molecule has 30 heavy (non-hydrogen) atoms. The number of anilines is 1. The summed E-state index contributed by atoms with van der Waals surface area (Å²) < 4.78 is 45.8. The number of nitrogen functional groups attached to an aromatic ring is 1. The fourth-order valence-electron chi connectivity index (χ4n) is 2.93. The van der Waals surface area contributed by atoms with Gasteiger partial charge in [-0.1, -0.05) is 0 Å². The first-order valence-electron chi connectivity index (χ1n) is 8.88. The van der Waals surface area contributed by atoms with Gasteiger partial charge in [-0.25, -0.2) is 9.48 Å². The third-order valence-electron chi connectivity index (χ3n) is 4.63. The lowest BCUT2D eigenvalue weighted by Crippen LogP contribution is -2.39. The number of nitrogens with one attached hydrogen (secondary N) is 1. The molecule has 0 unspecified atom stereocenters. The maximum atomic E-state index is 13.2. The van der Waals surface area contributed by atoms with Crippen molar-refractivity contribution in [1.29, 1.82) is 0 Å². The van der Waals surface area contributed by atoms with Crippen LogP contribution in [-0.4, -0.2) is 38.8 Å². The van der Waals surface area contributed by atoms with Crippen molar-refractivity contribution in [2.75, 3.05) is 19.5 Å². The van der Waals surface area contributed by atoms with Gasteiger partial charge in [0.05, 0.1) is 18.8 Å². The number of aromatic amines is 1. The van der Waals surface area contributed by atoms with Gasteiger partial charge in [0, 0.05) is 13.0 Å². The highest BCUT2D eigenvalue weighted by molar-refractivity contribution is 5.99. The lowest BCUT2D eigenvalue weighted by atomic mass is 10.1. The summed E-state index contributed by atoms with van der Waals surface area (Å²) >= 11 is 0. The Bertz CT molecular complexity index is 1160. The normalized spacial score (nSPS) is 14.1. The fourth-order valence-corrected chi connectivity index (χ4v) is 2.93. The molecule has 3 rings (SSSR count). The number of ketones is 1. The van der Waals surface area contributed by atoms with E-state index in [1.54, 1.807) is 0 Å². The molecule has 1 fully saturated rings. The number of nitrogens with zero attached hydrogens (tertiary/aromatic N) is 3. The number of nitrogens with two attached hydrogens (primary N) is 1. The molecule has 0 aliphatic heterocycles. The monoisotopic (exact) mass is 429 g/mol. The van der Waals surface area contributed by atoms with E-state index in [2.05, 4.69) is 5.10 Å². The SMILES string of the molecule is COCCn1c(N)c(C(=O)Cn2nc(C3CC3)cc(C(F)(F)F)c2=O)c(=O)[nH]c1=O. The minimum atomic E-state index is -4.93. The van der Waals surface area contributed by atoms with E-state index < -0.39 is 52.3 Å². The highest BCUT2D eigenvalue weighted by atomic mass is 19.4. The molecule has 0 atom stereocenters. The maximum absolute atomic E-state index is 13.2. The number of aromatic nitrogens is 4. The van der Waals surface area contributed by atoms with Crippen molar-refractivity contribution in [2.45, 2.75) is 38.0 Å². The Morgan fingerprint density at radius 2 is 2.00 bits per heavy atom. The predicted octanol–water partition coefficient (Wildman–Crippen LogP) is 0.101. The number of ether oxygens (including phenoxy) is 1. The molecule has 1 aliphatic rings. The number of halogens is 3. The third kappa shape index (κ3) is 4.20. The number of carbonyl (C=O) groups is 1. The standard InChI is InChI=1S/C17H18F3N5O5/c1-30-5-4-24-13(21)12(14(27)22-16(24)29)11(26)7-25-15(28)9(17(18,19)20)6-10(23-25)8-2-3-8/h6,8H,2-5,7,21H2,1H3,(H,22,27,29). The second kappa shape index (κ2) is 7.89. The van der Waals surface area contributed by atoms with Crippen molar-refractivity contribution in [3.63, 3.8) is 0 Å². The Balaban J connectivity index is 2.05. The van der Waals surface area contributed by atoms with Gasteiger partial charge in [0.15, 0.2) is 5.78 Å². The van der Waals surface area contributed by atoms with E-state index in [0.29, 0.717) is 23.6 Å². The fraction of sp³-hybridized carbons (Fsp3) is 0.471. The van der Waals surface area contributed by atoms with Crippen LogP contribution in [-0.2, 0) is 24.0 Å². The van der Waals surface area contributed by atoms with Crippen LogP contribution in [0, 0.1) is 0 Å². The molecule has 0 spiro atoms. The lowest BCUT2D eigenvalue weighted by Gasteiger charge is -2.14. The van der Waals surface area contributed by atoms with Gasteiger partial charge in [-0.2, -0.15) is 18.3 Å². The van der Waals surface area contributed by atoms with Gasteiger partial charge in [0.25, 0.3) is 11.1 Å². The molecule has 3 N–H and O–H groups in total. The first-order chi connectivity index (χ1) is 14.0. The summed E-state index contributed by atoms with van der Waals surface area (Å²) in [6.45, 7) is -0.979. The van der Waals surface area contributed by atoms with E-state index in [1.165, 1.54) is 7.11 Å². The van der Waals surface area contributed by atoms with E-state index in [1.807, 2.05) is 4.98 Å². The largest absolute Gasteiger partial charge is 0.421 e. The van der Waals surface area contributed by atoms with Crippen LogP contribution in [0.25, 0.3) is 0 Å². The van der Waals surface area contributed by atoms with Crippen molar-refractivity contribution in [1.82, 2.24) is 19.3 Å².